The zero-order valence-corrected chi connectivity index (χ0v) is 12.6. The standard InChI is InChI=1S/C9H5N3S5/c1-12-2-4-5(3-12)14-8(13-4)9-15-6-7(16-9)11-17-10-6/h2-3H,1H3. The number of hydrogen-bond donors (Lipinski definition) is 0. The fourth-order valence-electron chi connectivity index (χ4n) is 1.57. The quantitative estimate of drug-likeness (QED) is 0.727. The summed E-state index contributed by atoms with van der Waals surface area (Å²) < 4.78 is 13.4. The van der Waals surface area contributed by atoms with Crippen molar-refractivity contribution in [2.24, 2.45) is 7.05 Å². The Morgan fingerprint density at radius 2 is 1.41 bits per heavy atom. The second kappa shape index (κ2) is 3.99. The first-order chi connectivity index (χ1) is 8.29. The molecular weight excluding hydrogens is 310 g/mol. The van der Waals surface area contributed by atoms with Gasteiger partial charge >= 0.3 is 0 Å². The zero-order valence-electron chi connectivity index (χ0n) is 8.54. The van der Waals surface area contributed by atoms with Crippen LogP contribution in [-0.4, -0.2) is 13.3 Å². The van der Waals surface area contributed by atoms with Crippen LogP contribution in [0.1, 0.15) is 0 Å². The molecule has 0 spiro atoms. The number of aryl methyl sites for hydroxylation is 1. The van der Waals surface area contributed by atoms with E-state index in [2.05, 4.69) is 32.8 Å². The van der Waals surface area contributed by atoms with E-state index in [1.807, 2.05) is 23.5 Å². The van der Waals surface area contributed by atoms with Crippen LogP contribution in [0.4, 0.5) is 0 Å². The summed E-state index contributed by atoms with van der Waals surface area (Å²) in [5.74, 6) is 0. The first-order valence-corrected chi connectivity index (χ1v) is 8.73. The van der Waals surface area contributed by atoms with E-state index in [1.54, 1.807) is 23.5 Å². The van der Waals surface area contributed by atoms with Gasteiger partial charge in [-0.15, -0.1) is 0 Å². The molecule has 0 fully saturated rings. The van der Waals surface area contributed by atoms with E-state index in [-0.39, 0.29) is 0 Å². The molecule has 2 aromatic heterocycles. The second-order valence-corrected chi connectivity index (χ2v) is 8.66. The van der Waals surface area contributed by atoms with Gasteiger partial charge in [0.05, 0.1) is 20.2 Å². The molecule has 0 aromatic carbocycles. The summed E-state index contributed by atoms with van der Waals surface area (Å²) >= 11 is 8.51. The van der Waals surface area contributed by atoms with Gasteiger partial charge in [-0.3, -0.25) is 0 Å². The van der Waals surface area contributed by atoms with Crippen LogP contribution in [0.3, 0.4) is 0 Å². The number of aromatic nitrogens is 3. The average Bonchev–Trinajstić information content (AvgIpc) is 2.90. The summed E-state index contributed by atoms with van der Waals surface area (Å²) in [4.78, 5) is 2.72. The Hall–Kier alpha value is -0.0200. The van der Waals surface area contributed by atoms with Crippen LogP contribution >= 0.6 is 58.8 Å². The SMILES string of the molecule is Cn1cc2c(c1)SC(=C1Sc3nsnc3S1)S2. The van der Waals surface area contributed by atoms with Crippen LogP contribution in [0.2, 0.25) is 0 Å². The van der Waals surface area contributed by atoms with Crippen molar-refractivity contribution in [3.63, 3.8) is 0 Å². The van der Waals surface area contributed by atoms with E-state index in [9.17, 15) is 0 Å². The molecule has 4 rings (SSSR count). The third-order valence-electron chi connectivity index (χ3n) is 2.27. The van der Waals surface area contributed by atoms with Crippen molar-refractivity contribution in [2.75, 3.05) is 0 Å². The molecule has 2 aliphatic rings. The van der Waals surface area contributed by atoms with E-state index in [0.717, 1.165) is 10.1 Å². The molecule has 17 heavy (non-hydrogen) atoms. The van der Waals surface area contributed by atoms with Crippen molar-refractivity contribution in [2.45, 2.75) is 19.8 Å². The van der Waals surface area contributed by atoms with Crippen LogP contribution in [0.25, 0.3) is 0 Å². The largest absolute Gasteiger partial charge is 0.355 e. The summed E-state index contributed by atoms with van der Waals surface area (Å²) in [7, 11) is 2.07. The van der Waals surface area contributed by atoms with Gasteiger partial charge in [-0.2, -0.15) is 8.75 Å². The Morgan fingerprint density at radius 1 is 0.882 bits per heavy atom. The van der Waals surface area contributed by atoms with Crippen molar-refractivity contribution >= 4 is 58.8 Å². The van der Waals surface area contributed by atoms with Gasteiger partial charge in [-0.05, 0) is 0 Å². The van der Waals surface area contributed by atoms with E-state index < -0.39 is 0 Å². The van der Waals surface area contributed by atoms with Crippen LogP contribution in [0.5, 0.6) is 0 Å². The third-order valence-corrected chi connectivity index (χ3v) is 8.41. The average molecular weight is 315 g/mol. The van der Waals surface area contributed by atoms with Crippen LogP contribution in [0.15, 0.2) is 40.7 Å². The Morgan fingerprint density at radius 3 is 2.00 bits per heavy atom. The lowest BCUT2D eigenvalue weighted by Gasteiger charge is -1.99. The molecule has 0 unspecified atom stereocenters. The molecule has 86 valence electrons. The first kappa shape index (κ1) is 10.9. The van der Waals surface area contributed by atoms with E-state index in [4.69, 9.17) is 0 Å². The Bertz CT molecular complexity index is 593. The molecule has 0 bridgehead atoms. The maximum Gasteiger partial charge on any atom is 0.150 e. The number of nitrogens with zero attached hydrogens (tertiary/aromatic N) is 3. The lowest BCUT2D eigenvalue weighted by Crippen LogP contribution is -1.78. The van der Waals surface area contributed by atoms with Crippen LogP contribution in [-0.2, 0) is 7.05 Å². The molecule has 2 aliphatic heterocycles. The predicted octanol–water partition coefficient (Wildman–Crippen LogP) is 4.10. The molecule has 0 radical (unpaired) electrons. The monoisotopic (exact) mass is 315 g/mol. The lowest BCUT2D eigenvalue weighted by molar-refractivity contribution is 0.916. The van der Waals surface area contributed by atoms with Gasteiger partial charge in [0, 0.05) is 29.2 Å². The molecule has 0 saturated heterocycles. The maximum atomic E-state index is 4.29. The molecule has 0 aliphatic carbocycles. The molecule has 3 nitrogen and oxygen atoms in total. The lowest BCUT2D eigenvalue weighted by atomic mass is 10.7. The van der Waals surface area contributed by atoms with Crippen molar-refractivity contribution in [3.05, 3.63) is 20.9 Å². The van der Waals surface area contributed by atoms with E-state index in [1.165, 1.54) is 30.0 Å². The molecule has 4 heterocycles. The molecular formula is C9H5N3S5. The molecule has 0 N–H and O–H groups in total. The van der Waals surface area contributed by atoms with Gasteiger partial charge in [-0.1, -0.05) is 47.0 Å². The zero-order chi connectivity index (χ0) is 11.4. The van der Waals surface area contributed by atoms with Gasteiger partial charge in [-0.25, -0.2) is 0 Å². The maximum absolute atomic E-state index is 4.29. The van der Waals surface area contributed by atoms with E-state index >= 15 is 0 Å². The molecule has 0 amide bonds. The topological polar surface area (TPSA) is 30.7 Å². The summed E-state index contributed by atoms with van der Waals surface area (Å²) in [5.41, 5.74) is 0. The highest BCUT2D eigenvalue weighted by Gasteiger charge is 2.29. The molecule has 2 aromatic rings. The molecule has 0 saturated carbocycles. The van der Waals surface area contributed by atoms with Crippen molar-refractivity contribution in [1.82, 2.24) is 13.3 Å². The Kier molecular flexibility index (Phi) is 2.55. The first-order valence-electron chi connectivity index (χ1n) is 4.74. The van der Waals surface area contributed by atoms with E-state index in [0.29, 0.717) is 0 Å². The highest BCUT2D eigenvalue weighted by atomic mass is 32.2. The van der Waals surface area contributed by atoms with Gasteiger partial charge in [0.25, 0.3) is 0 Å². The minimum atomic E-state index is 1.07. The second-order valence-electron chi connectivity index (χ2n) is 3.51. The van der Waals surface area contributed by atoms with Gasteiger partial charge in [0.1, 0.15) is 10.1 Å². The Labute approximate surface area is 119 Å². The minimum Gasteiger partial charge on any atom is -0.355 e. The normalized spacial score (nSPS) is 17.7. The number of thioether (sulfide) groups is 4. The summed E-state index contributed by atoms with van der Waals surface area (Å²) in [6.45, 7) is 0. The third kappa shape index (κ3) is 1.77. The molecule has 0 atom stereocenters. The van der Waals surface area contributed by atoms with Gasteiger partial charge in [0.15, 0.2) is 0 Å². The summed E-state index contributed by atoms with van der Waals surface area (Å²) in [6, 6.07) is 0. The predicted molar refractivity (Wildman–Crippen MR) is 75.8 cm³/mol. The Balaban J connectivity index is 1.67. The highest BCUT2D eigenvalue weighted by Crippen LogP contribution is 2.60. The van der Waals surface area contributed by atoms with Crippen LogP contribution in [0, 0.1) is 0 Å². The van der Waals surface area contributed by atoms with Gasteiger partial charge < -0.3 is 4.57 Å². The fourth-order valence-corrected chi connectivity index (χ4v) is 7.48. The van der Waals surface area contributed by atoms with Crippen molar-refractivity contribution in [1.29, 1.82) is 0 Å². The summed E-state index contributed by atoms with van der Waals surface area (Å²) in [5, 5.41) is 2.14. The van der Waals surface area contributed by atoms with Crippen molar-refractivity contribution in [3.8, 4) is 0 Å². The number of fused-ring (bicyclic) bond motifs is 2. The summed E-state index contributed by atoms with van der Waals surface area (Å²) in [6.07, 6.45) is 4.35. The number of rotatable bonds is 0. The van der Waals surface area contributed by atoms with Crippen LogP contribution < -0.4 is 0 Å². The minimum absolute atomic E-state index is 1.07. The smallest absolute Gasteiger partial charge is 0.150 e. The van der Waals surface area contributed by atoms with Gasteiger partial charge in [0.2, 0.25) is 0 Å². The highest BCUT2D eigenvalue weighted by molar-refractivity contribution is 8.30. The van der Waals surface area contributed by atoms with Crippen molar-refractivity contribution < 1.29 is 0 Å². The number of hydrogen-bond acceptors (Lipinski definition) is 7. The molecule has 8 heteroatoms. The fraction of sp³-hybridized carbons (Fsp3) is 0.111.